The number of hydrogen-bond donors (Lipinski definition) is 3. The number of benzene rings is 1. The monoisotopic (exact) mass is 597 g/mol. The van der Waals surface area contributed by atoms with E-state index >= 15 is 0 Å². The molecule has 3 aliphatic heterocycles. The van der Waals surface area contributed by atoms with E-state index in [1.807, 2.05) is 27.7 Å². The molecule has 0 spiro atoms. The molecule has 2 bridgehead atoms. The van der Waals surface area contributed by atoms with Gasteiger partial charge >= 0.3 is 0 Å². The molecule has 0 unspecified atom stereocenters. The molecule has 43 heavy (non-hydrogen) atoms. The molecule has 4 rings (SSSR count). The van der Waals surface area contributed by atoms with E-state index in [1.165, 1.54) is 0 Å². The SMILES string of the molecule is CC[C@H](C)[C@@H](NC)C(=O)N[C@@H](CC(C)C)C(=O)N1CC[C@@H]2Oc3ccc(OC)c(c3)/C=C/NC(=O)[C@@H]3CCCN3C(=O)[C@H]21. The minimum absolute atomic E-state index is 0.0726. The third-order valence-electron chi connectivity index (χ3n) is 8.82. The highest BCUT2D eigenvalue weighted by molar-refractivity contribution is 5.96. The van der Waals surface area contributed by atoms with Gasteiger partial charge in [0.05, 0.1) is 13.2 Å². The number of carbonyl (C=O) groups is 4. The Hall–Kier alpha value is -3.60. The van der Waals surface area contributed by atoms with Gasteiger partial charge in [0.25, 0.3) is 0 Å². The van der Waals surface area contributed by atoms with Gasteiger partial charge in [-0.05, 0) is 62.4 Å². The molecule has 1 aromatic rings. The first-order valence-electron chi connectivity index (χ1n) is 15.5. The number of methoxy groups -OCH3 is 1. The first-order chi connectivity index (χ1) is 20.6. The van der Waals surface area contributed by atoms with Crippen LogP contribution in [0.25, 0.3) is 6.08 Å². The average Bonchev–Trinajstić information content (AvgIpc) is 3.64. The summed E-state index contributed by atoms with van der Waals surface area (Å²) in [5.41, 5.74) is 0.705. The maximum absolute atomic E-state index is 14.3. The summed E-state index contributed by atoms with van der Waals surface area (Å²) in [6.45, 7) is 8.72. The van der Waals surface area contributed by atoms with Crippen LogP contribution in [0.1, 0.15) is 65.4 Å². The van der Waals surface area contributed by atoms with Gasteiger partial charge in [-0.3, -0.25) is 19.2 Å². The zero-order valence-corrected chi connectivity index (χ0v) is 26.2. The standard InChI is InChI=1S/C32H47N5O6/c1-7-20(4)27(33-5)30(39)35-23(17-19(2)3)31(40)37-16-13-26-28(37)32(41)36-15-8-9-24(36)29(38)34-14-12-21-18-22(43-26)10-11-25(21)42-6/h10-12,14,18-20,23-24,26-28,33H,7-9,13,15-17H2,1-6H3,(H,34,38)(H,35,39)/b14-12+/t20-,23-,24-,26-,27+,28-/m0/s1. The molecular formula is C32H47N5O6. The number of hydrogen-bond acceptors (Lipinski definition) is 7. The van der Waals surface area contributed by atoms with Crippen molar-refractivity contribution in [3.8, 4) is 11.5 Å². The largest absolute Gasteiger partial charge is 0.496 e. The Balaban J connectivity index is 1.69. The van der Waals surface area contributed by atoms with Crippen LogP contribution in [0, 0.1) is 11.8 Å². The summed E-state index contributed by atoms with van der Waals surface area (Å²) in [4.78, 5) is 58.3. The van der Waals surface area contributed by atoms with Gasteiger partial charge in [0.2, 0.25) is 23.6 Å². The molecule has 0 aromatic heterocycles. The van der Waals surface area contributed by atoms with Gasteiger partial charge in [-0.2, -0.15) is 0 Å². The Morgan fingerprint density at radius 2 is 1.93 bits per heavy atom. The van der Waals surface area contributed by atoms with Crippen LogP contribution in [0.4, 0.5) is 0 Å². The lowest BCUT2D eigenvalue weighted by atomic mass is 9.96. The fourth-order valence-electron chi connectivity index (χ4n) is 6.36. The van der Waals surface area contributed by atoms with Crippen LogP contribution in [-0.4, -0.2) is 90.9 Å². The van der Waals surface area contributed by atoms with E-state index in [9.17, 15) is 19.2 Å². The molecule has 236 valence electrons. The maximum Gasteiger partial charge on any atom is 0.249 e. The molecule has 4 amide bonds. The zero-order chi connectivity index (χ0) is 31.3. The lowest BCUT2D eigenvalue weighted by molar-refractivity contribution is -0.150. The van der Waals surface area contributed by atoms with E-state index < -0.39 is 30.3 Å². The van der Waals surface area contributed by atoms with Crippen LogP contribution in [-0.2, 0) is 19.2 Å². The molecule has 11 nitrogen and oxygen atoms in total. The topological polar surface area (TPSA) is 129 Å². The van der Waals surface area contributed by atoms with Crippen molar-refractivity contribution in [1.29, 1.82) is 0 Å². The van der Waals surface area contributed by atoms with Crippen molar-refractivity contribution in [1.82, 2.24) is 25.8 Å². The molecule has 0 saturated carbocycles. The molecule has 0 aliphatic carbocycles. The minimum atomic E-state index is -0.943. The predicted molar refractivity (Wildman–Crippen MR) is 163 cm³/mol. The van der Waals surface area contributed by atoms with Gasteiger partial charge in [-0.1, -0.05) is 34.1 Å². The zero-order valence-electron chi connectivity index (χ0n) is 26.2. The molecular weight excluding hydrogens is 550 g/mol. The summed E-state index contributed by atoms with van der Waals surface area (Å²) in [5.74, 6) is 0.183. The molecule has 1 aromatic carbocycles. The second-order valence-electron chi connectivity index (χ2n) is 12.2. The summed E-state index contributed by atoms with van der Waals surface area (Å²) in [6.07, 6.45) is 5.52. The van der Waals surface area contributed by atoms with Crippen LogP contribution in [0.3, 0.4) is 0 Å². The van der Waals surface area contributed by atoms with E-state index in [2.05, 4.69) is 16.0 Å². The van der Waals surface area contributed by atoms with E-state index in [0.717, 1.165) is 6.42 Å². The lowest BCUT2D eigenvalue weighted by Gasteiger charge is -2.35. The second-order valence-corrected chi connectivity index (χ2v) is 12.2. The number of nitrogens with one attached hydrogen (secondary N) is 3. The predicted octanol–water partition coefficient (Wildman–Crippen LogP) is 2.30. The third-order valence-corrected chi connectivity index (χ3v) is 8.82. The van der Waals surface area contributed by atoms with Crippen LogP contribution in [0.15, 0.2) is 24.4 Å². The summed E-state index contributed by atoms with van der Waals surface area (Å²) >= 11 is 0. The highest BCUT2D eigenvalue weighted by Crippen LogP contribution is 2.32. The van der Waals surface area contributed by atoms with Gasteiger partial charge in [0.1, 0.15) is 35.7 Å². The first kappa shape index (κ1) is 32.3. The summed E-state index contributed by atoms with van der Waals surface area (Å²) in [6, 6.07) is 2.48. The van der Waals surface area contributed by atoms with Gasteiger partial charge in [-0.25, -0.2) is 0 Å². The molecule has 3 aliphatic rings. The molecule has 3 heterocycles. The van der Waals surface area contributed by atoms with E-state index in [1.54, 1.807) is 54.4 Å². The average molecular weight is 598 g/mol. The van der Waals surface area contributed by atoms with Gasteiger partial charge < -0.3 is 35.2 Å². The number of nitrogens with zero attached hydrogens (tertiary/aromatic N) is 2. The number of carbonyl (C=O) groups excluding carboxylic acids is 4. The van der Waals surface area contributed by atoms with Crippen molar-refractivity contribution in [2.45, 2.75) is 90.1 Å². The number of amides is 4. The smallest absolute Gasteiger partial charge is 0.249 e. The van der Waals surface area contributed by atoms with Crippen LogP contribution in [0.2, 0.25) is 0 Å². The second kappa shape index (κ2) is 14.2. The van der Waals surface area contributed by atoms with Gasteiger partial charge in [0.15, 0.2) is 0 Å². The Kier molecular flexibility index (Phi) is 10.7. The Bertz CT molecular complexity index is 1220. The van der Waals surface area contributed by atoms with Crippen molar-refractivity contribution in [2.24, 2.45) is 11.8 Å². The van der Waals surface area contributed by atoms with E-state index in [-0.39, 0.29) is 35.5 Å². The first-order valence-corrected chi connectivity index (χ1v) is 15.5. The number of fused-ring (bicyclic) bond motifs is 4. The summed E-state index contributed by atoms with van der Waals surface area (Å²) < 4.78 is 11.9. The van der Waals surface area contributed by atoms with Crippen molar-refractivity contribution in [3.63, 3.8) is 0 Å². The van der Waals surface area contributed by atoms with E-state index in [0.29, 0.717) is 55.8 Å². The normalized spacial score (nSPS) is 24.8. The Morgan fingerprint density at radius 3 is 2.60 bits per heavy atom. The number of ether oxygens (including phenoxy) is 2. The van der Waals surface area contributed by atoms with Gasteiger partial charge in [0, 0.05) is 31.3 Å². The molecule has 11 heteroatoms. The van der Waals surface area contributed by atoms with Crippen LogP contribution < -0.4 is 25.4 Å². The van der Waals surface area contributed by atoms with Crippen molar-refractivity contribution in [2.75, 3.05) is 27.2 Å². The highest BCUT2D eigenvalue weighted by Gasteiger charge is 2.49. The number of rotatable bonds is 9. The summed E-state index contributed by atoms with van der Waals surface area (Å²) in [5, 5.41) is 8.91. The van der Waals surface area contributed by atoms with Crippen molar-refractivity contribution < 1.29 is 28.7 Å². The molecule has 2 saturated heterocycles. The van der Waals surface area contributed by atoms with E-state index in [4.69, 9.17) is 9.47 Å². The molecule has 2 fully saturated rings. The fourth-order valence-corrected chi connectivity index (χ4v) is 6.36. The number of likely N-dealkylation sites (N-methyl/N-ethyl adjacent to an activating group) is 1. The van der Waals surface area contributed by atoms with Crippen LogP contribution in [0.5, 0.6) is 11.5 Å². The minimum Gasteiger partial charge on any atom is -0.496 e. The maximum atomic E-state index is 14.3. The quantitative estimate of drug-likeness (QED) is 0.399. The van der Waals surface area contributed by atoms with Crippen molar-refractivity contribution in [3.05, 3.63) is 30.0 Å². The van der Waals surface area contributed by atoms with Crippen LogP contribution >= 0.6 is 0 Å². The molecule has 6 atom stereocenters. The molecule has 3 N–H and O–H groups in total. The Labute approximate surface area is 254 Å². The summed E-state index contributed by atoms with van der Waals surface area (Å²) in [7, 11) is 3.31. The van der Waals surface area contributed by atoms with Crippen molar-refractivity contribution >= 4 is 29.7 Å². The highest BCUT2D eigenvalue weighted by atomic mass is 16.5. The lowest BCUT2D eigenvalue weighted by Crippen LogP contribution is -2.60. The fraction of sp³-hybridized carbons (Fsp3) is 0.625. The Morgan fingerprint density at radius 1 is 1.16 bits per heavy atom. The van der Waals surface area contributed by atoms with Gasteiger partial charge in [-0.15, -0.1) is 0 Å². The third kappa shape index (κ3) is 7.14. The molecule has 0 radical (unpaired) electrons. The number of likely N-dealkylation sites (tertiary alicyclic amines) is 1.